The molecule has 0 unspecified atom stereocenters. The molecule has 0 atom stereocenters. The molecule has 1 fully saturated rings. The van der Waals surface area contributed by atoms with Crippen molar-refractivity contribution < 1.29 is 0 Å². The summed E-state index contributed by atoms with van der Waals surface area (Å²) in [6.45, 7) is 7.66. The number of nitrogens with zero attached hydrogens (tertiary/aromatic N) is 1. The van der Waals surface area contributed by atoms with Crippen molar-refractivity contribution in [2.75, 3.05) is 18.0 Å². The summed E-state index contributed by atoms with van der Waals surface area (Å²) in [5, 5.41) is 0. The first kappa shape index (κ1) is 10.5. The van der Waals surface area contributed by atoms with E-state index in [9.17, 15) is 0 Å². The number of rotatable bonds is 3. The minimum Gasteiger partial charge on any atom is -0.371 e. The molecular formula is C13H20N2. The zero-order valence-electron chi connectivity index (χ0n) is 9.61. The van der Waals surface area contributed by atoms with E-state index in [2.05, 4.69) is 43.0 Å². The third-order valence-corrected chi connectivity index (χ3v) is 3.39. The van der Waals surface area contributed by atoms with Crippen LogP contribution in [-0.4, -0.2) is 13.1 Å². The molecule has 0 radical (unpaired) electrons. The van der Waals surface area contributed by atoms with Gasteiger partial charge in [0, 0.05) is 25.3 Å². The van der Waals surface area contributed by atoms with Gasteiger partial charge in [0.1, 0.15) is 0 Å². The molecule has 0 spiro atoms. The first-order valence-electron chi connectivity index (χ1n) is 5.74. The average Bonchev–Trinajstić information content (AvgIpc) is 2.16. The van der Waals surface area contributed by atoms with Crippen LogP contribution in [0.2, 0.25) is 0 Å². The smallest absolute Gasteiger partial charge is 0.0366 e. The molecule has 1 aromatic rings. The van der Waals surface area contributed by atoms with E-state index in [-0.39, 0.29) is 0 Å². The maximum absolute atomic E-state index is 5.57. The van der Waals surface area contributed by atoms with Crippen LogP contribution in [0.1, 0.15) is 19.4 Å². The summed E-state index contributed by atoms with van der Waals surface area (Å²) in [6, 6.07) is 8.60. The Labute approximate surface area is 92.1 Å². The lowest BCUT2D eigenvalue weighted by atomic mass is 9.88. The van der Waals surface area contributed by atoms with Crippen molar-refractivity contribution in [2.45, 2.75) is 20.4 Å². The standard InChI is InChI=1S/C13H20N2/c1-10(2)12-8-15(9-12)13-5-3-11(7-14)4-6-13/h3-6,10,12H,7-9,14H2,1-2H3. The van der Waals surface area contributed by atoms with Crippen LogP contribution < -0.4 is 10.6 Å². The highest BCUT2D eigenvalue weighted by Crippen LogP contribution is 2.28. The maximum atomic E-state index is 5.57. The predicted octanol–water partition coefficient (Wildman–Crippen LogP) is 2.24. The summed E-state index contributed by atoms with van der Waals surface area (Å²) in [5.74, 6) is 1.68. The van der Waals surface area contributed by atoms with Gasteiger partial charge in [0.15, 0.2) is 0 Å². The summed E-state index contributed by atoms with van der Waals surface area (Å²) in [5.41, 5.74) is 8.12. The fourth-order valence-electron chi connectivity index (χ4n) is 1.99. The Bertz CT molecular complexity index is 310. The van der Waals surface area contributed by atoms with Crippen LogP contribution in [0, 0.1) is 11.8 Å². The van der Waals surface area contributed by atoms with Crippen LogP contribution in [0.3, 0.4) is 0 Å². The number of hydrogen-bond donors (Lipinski definition) is 1. The fraction of sp³-hybridized carbons (Fsp3) is 0.538. The molecule has 1 aliphatic heterocycles. The van der Waals surface area contributed by atoms with Crippen molar-refractivity contribution >= 4 is 5.69 Å². The predicted molar refractivity (Wildman–Crippen MR) is 64.9 cm³/mol. The van der Waals surface area contributed by atoms with E-state index in [1.165, 1.54) is 24.3 Å². The Hall–Kier alpha value is -1.02. The third-order valence-electron chi connectivity index (χ3n) is 3.39. The van der Waals surface area contributed by atoms with E-state index >= 15 is 0 Å². The lowest BCUT2D eigenvalue weighted by Crippen LogP contribution is -2.49. The second-order valence-corrected chi connectivity index (χ2v) is 4.78. The molecule has 0 aliphatic carbocycles. The van der Waals surface area contributed by atoms with Crippen molar-refractivity contribution in [3.8, 4) is 0 Å². The molecular weight excluding hydrogens is 184 g/mol. The molecule has 0 amide bonds. The minimum atomic E-state index is 0.634. The van der Waals surface area contributed by atoms with E-state index in [0.29, 0.717) is 6.54 Å². The van der Waals surface area contributed by atoms with Crippen LogP contribution in [0.4, 0.5) is 5.69 Å². The summed E-state index contributed by atoms with van der Waals surface area (Å²) in [7, 11) is 0. The molecule has 1 aromatic carbocycles. The summed E-state index contributed by atoms with van der Waals surface area (Å²) in [6.07, 6.45) is 0. The fourth-order valence-corrected chi connectivity index (χ4v) is 1.99. The van der Waals surface area contributed by atoms with E-state index < -0.39 is 0 Å². The molecule has 0 aromatic heterocycles. The molecule has 1 aliphatic rings. The average molecular weight is 204 g/mol. The zero-order chi connectivity index (χ0) is 10.8. The number of nitrogens with two attached hydrogens (primary N) is 1. The van der Waals surface area contributed by atoms with Crippen LogP contribution in [0.5, 0.6) is 0 Å². The summed E-state index contributed by atoms with van der Waals surface area (Å²) < 4.78 is 0. The Morgan fingerprint density at radius 1 is 1.27 bits per heavy atom. The molecule has 82 valence electrons. The van der Waals surface area contributed by atoms with Gasteiger partial charge in [0.2, 0.25) is 0 Å². The molecule has 2 rings (SSSR count). The van der Waals surface area contributed by atoms with Gasteiger partial charge in [-0.2, -0.15) is 0 Å². The van der Waals surface area contributed by atoms with Gasteiger partial charge in [-0.3, -0.25) is 0 Å². The van der Waals surface area contributed by atoms with Crippen molar-refractivity contribution in [2.24, 2.45) is 17.6 Å². The topological polar surface area (TPSA) is 29.3 Å². The molecule has 0 bridgehead atoms. The highest BCUT2D eigenvalue weighted by Gasteiger charge is 2.28. The van der Waals surface area contributed by atoms with Crippen molar-refractivity contribution in [3.63, 3.8) is 0 Å². The van der Waals surface area contributed by atoms with Crippen molar-refractivity contribution in [1.82, 2.24) is 0 Å². The van der Waals surface area contributed by atoms with Crippen molar-refractivity contribution in [3.05, 3.63) is 29.8 Å². The number of hydrogen-bond acceptors (Lipinski definition) is 2. The van der Waals surface area contributed by atoms with Gasteiger partial charge in [-0.1, -0.05) is 26.0 Å². The van der Waals surface area contributed by atoms with Gasteiger partial charge < -0.3 is 10.6 Å². The summed E-state index contributed by atoms with van der Waals surface area (Å²) in [4.78, 5) is 2.44. The Balaban J connectivity index is 1.95. The molecule has 1 saturated heterocycles. The highest BCUT2D eigenvalue weighted by atomic mass is 15.2. The lowest BCUT2D eigenvalue weighted by molar-refractivity contribution is 0.310. The quantitative estimate of drug-likeness (QED) is 0.818. The van der Waals surface area contributed by atoms with Gasteiger partial charge in [-0.05, 0) is 29.5 Å². The number of benzene rings is 1. The largest absolute Gasteiger partial charge is 0.371 e. The Morgan fingerprint density at radius 3 is 2.33 bits per heavy atom. The van der Waals surface area contributed by atoms with Crippen LogP contribution in [-0.2, 0) is 6.54 Å². The second-order valence-electron chi connectivity index (χ2n) is 4.78. The summed E-state index contributed by atoms with van der Waals surface area (Å²) >= 11 is 0. The first-order chi connectivity index (χ1) is 7.20. The molecule has 15 heavy (non-hydrogen) atoms. The van der Waals surface area contributed by atoms with Gasteiger partial charge >= 0.3 is 0 Å². The Kier molecular flexibility index (Phi) is 2.96. The third kappa shape index (κ3) is 2.15. The van der Waals surface area contributed by atoms with E-state index in [4.69, 9.17) is 5.73 Å². The van der Waals surface area contributed by atoms with Gasteiger partial charge in [-0.25, -0.2) is 0 Å². The molecule has 2 heteroatoms. The zero-order valence-corrected chi connectivity index (χ0v) is 9.61. The van der Waals surface area contributed by atoms with Gasteiger partial charge in [0.05, 0.1) is 0 Å². The monoisotopic (exact) mass is 204 g/mol. The first-order valence-corrected chi connectivity index (χ1v) is 5.74. The highest BCUT2D eigenvalue weighted by molar-refractivity contribution is 5.49. The van der Waals surface area contributed by atoms with Crippen LogP contribution in [0.15, 0.2) is 24.3 Å². The number of anilines is 1. The molecule has 2 N–H and O–H groups in total. The van der Waals surface area contributed by atoms with E-state index in [1.807, 2.05) is 0 Å². The maximum Gasteiger partial charge on any atom is 0.0366 e. The van der Waals surface area contributed by atoms with Gasteiger partial charge in [-0.15, -0.1) is 0 Å². The van der Waals surface area contributed by atoms with Crippen LogP contribution in [0.25, 0.3) is 0 Å². The van der Waals surface area contributed by atoms with E-state index in [1.54, 1.807) is 0 Å². The van der Waals surface area contributed by atoms with Crippen molar-refractivity contribution in [1.29, 1.82) is 0 Å². The molecule has 0 saturated carbocycles. The molecule has 1 heterocycles. The minimum absolute atomic E-state index is 0.634. The lowest BCUT2D eigenvalue weighted by Gasteiger charge is -2.43. The molecule has 2 nitrogen and oxygen atoms in total. The normalized spacial score (nSPS) is 16.9. The van der Waals surface area contributed by atoms with Gasteiger partial charge in [0.25, 0.3) is 0 Å². The Morgan fingerprint density at radius 2 is 1.87 bits per heavy atom. The second kappa shape index (κ2) is 4.23. The SMILES string of the molecule is CC(C)C1CN(c2ccc(CN)cc2)C1. The van der Waals surface area contributed by atoms with E-state index in [0.717, 1.165) is 11.8 Å². The van der Waals surface area contributed by atoms with Crippen LogP contribution >= 0.6 is 0 Å².